The van der Waals surface area contributed by atoms with Crippen molar-refractivity contribution >= 4 is 25.7 Å². The Bertz CT molecular complexity index is 1220. The Labute approximate surface area is 343 Å². The fourth-order valence-corrected chi connectivity index (χ4v) is 6.64. The maximum absolute atomic E-state index is 12.6. The molecular weight excluding hydrogens is 749 g/mol. The molecule has 1 fully saturated rings. The second kappa shape index (κ2) is 35.4. The van der Waals surface area contributed by atoms with Crippen LogP contribution in [0.3, 0.4) is 0 Å². The van der Waals surface area contributed by atoms with Gasteiger partial charge in [0.15, 0.2) is 6.10 Å². The van der Waals surface area contributed by atoms with Gasteiger partial charge < -0.3 is 29.9 Å². The molecule has 1 aliphatic heterocycles. The molecule has 0 bridgehead atoms. The predicted octanol–water partition coefficient (Wildman–Crippen LogP) is 10.4. The molecule has 5 atom stereocenters. The van der Waals surface area contributed by atoms with Crippen molar-refractivity contribution in [1.29, 1.82) is 0 Å². The van der Waals surface area contributed by atoms with Crippen LogP contribution in [0.2, 0.25) is 0 Å². The molecule has 13 heteroatoms. The van der Waals surface area contributed by atoms with E-state index in [2.05, 4.69) is 54.8 Å². The van der Waals surface area contributed by atoms with Crippen LogP contribution in [0.5, 0.6) is 0 Å². The summed E-state index contributed by atoms with van der Waals surface area (Å²) in [6, 6.07) is -1.53. The summed E-state index contributed by atoms with van der Waals surface area (Å²) in [6.45, 7) is 2.69. The highest BCUT2D eigenvalue weighted by Crippen LogP contribution is 2.43. The number of carbonyl (C=O) groups is 3. The number of esters is 2. The highest BCUT2D eigenvalue weighted by Gasteiger charge is 2.36. The molecule has 3 unspecified atom stereocenters. The molecule has 57 heavy (non-hydrogen) atoms. The van der Waals surface area contributed by atoms with Gasteiger partial charge in [0, 0.05) is 12.8 Å². The van der Waals surface area contributed by atoms with Gasteiger partial charge in [0.05, 0.1) is 25.4 Å². The van der Waals surface area contributed by atoms with Crippen LogP contribution in [-0.4, -0.2) is 72.1 Å². The molecule has 0 saturated carbocycles. The number of ether oxygens (including phenoxy) is 3. The second-order valence-electron chi connectivity index (χ2n) is 14.9. The lowest BCUT2D eigenvalue weighted by Crippen LogP contribution is -2.34. The summed E-state index contributed by atoms with van der Waals surface area (Å²) >= 11 is 0. The van der Waals surface area contributed by atoms with Crippen molar-refractivity contribution in [3.8, 4) is 0 Å². The summed E-state index contributed by atoms with van der Waals surface area (Å²) < 4.78 is 38.4. The normalized spacial score (nSPS) is 17.8. The molecule has 0 radical (unpaired) electrons. The van der Waals surface area contributed by atoms with Gasteiger partial charge in [-0.3, -0.25) is 23.4 Å². The van der Waals surface area contributed by atoms with Crippen LogP contribution in [-0.2, 0) is 42.2 Å². The van der Waals surface area contributed by atoms with E-state index < -0.39 is 51.1 Å². The lowest BCUT2D eigenvalue weighted by molar-refractivity contribution is -0.161. The third kappa shape index (κ3) is 33.0. The van der Waals surface area contributed by atoms with Crippen LogP contribution in [0.4, 0.5) is 0 Å². The third-order valence-electron chi connectivity index (χ3n) is 9.45. The number of aliphatic carboxylic acids is 1. The number of phosphoric ester groups is 1. The van der Waals surface area contributed by atoms with Gasteiger partial charge in [-0.1, -0.05) is 127 Å². The summed E-state index contributed by atoms with van der Waals surface area (Å²) in [5.74, 6) is -2.47. The molecule has 4 N–H and O–H groups in total. The first-order valence-electron chi connectivity index (χ1n) is 21.8. The molecule has 1 rings (SSSR count). The van der Waals surface area contributed by atoms with E-state index in [0.717, 1.165) is 64.2 Å². The first-order valence-corrected chi connectivity index (χ1v) is 23.3. The topological polar surface area (TPSA) is 184 Å². The lowest BCUT2D eigenvalue weighted by atomic mass is 10.1. The van der Waals surface area contributed by atoms with Crippen LogP contribution in [0.25, 0.3) is 0 Å². The van der Waals surface area contributed by atoms with Crippen LogP contribution in [0, 0.1) is 0 Å². The fraction of sp³-hybridized carbons (Fsp3) is 0.750. The smallest absolute Gasteiger partial charge is 0.472 e. The molecule has 12 nitrogen and oxygen atoms in total. The Balaban J connectivity index is 2.34. The van der Waals surface area contributed by atoms with E-state index in [1.54, 1.807) is 0 Å². The molecule has 0 aromatic rings. The molecular formula is C44H76NO11P. The predicted molar refractivity (Wildman–Crippen MR) is 226 cm³/mol. The summed E-state index contributed by atoms with van der Waals surface area (Å²) in [7, 11) is -4.74. The first-order chi connectivity index (χ1) is 27.6. The number of rotatable bonds is 39. The zero-order chi connectivity index (χ0) is 41.8. The summed E-state index contributed by atoms with van der Waals surface area (Å²) in [5, 5.41) is 8.89. The molecule has 0 amide bonds. The maximum atomic E-state index is 12.6. The van der Waals surface area contributed by atoms with E-state index in [4.69, 9.17) is 29.6 Å². The van der Waals surface area contributed by atoms with Crippen LogP contribution in [0.15, 0.2) is 48.6 Å². The molecule has 328 valence electrons. The SMILES string of the molecule is CCCCC/C=C\CC1OC1C/C=C\C/C=C\CCCC(=O)O[C@H](COC(=O)CCCCCCC/C=C\CCCCCCCC)COP(=O)(O)OC[C@H](N)C(=O)O. The monoisotopic (exact) mass is 826 g/mol. The number of hydrogen-bond acceptors (Lipinski definition) is 10. The van der Waals surface area contributed by atoms with Gasteiger partial charge >= 0.3 is 25.7 Å². The number of hydrogen-bond donors (Lipinski definition) is 3. The highest BCUT2D eigenvalue weighted by atomic mass is 31.2. The molecule has 0 aromatic heterocycles. The standard InChI is InChI=1S/C44H76NO11P/c1-3-5-7-9-11-12-13-14-15-16-17-18-21-25-29-33-42(46)52-35-38(36-53-57(50,51)54-37-39(45)44(48)49)55-43(47)34-30-26-22-19-20-24-28-32-41-40(56-41)31-27-23-10-8-6-4-2/h14-15,19,22-24,27-28,38-41H,3-13,16-18,20-21,25-26,29-37,45H2,1-2H3,(H,48,49)(H,50,51)/b15-14-,22-19-,27-23-,28-24-/t38-,39+,40?,41?/m1/s1. The van der Waals surface area contributed by atoms with E-state index in [-0.39, 0.29) is 19.4 Å². The molecule has 1 heterocycles. The number of unbranched alkanes of at least 4 members (excludes halogenated alkanes) is 15. The minimum absolute atomic E-state index is 0.0771. The fourth-order valence-electron chi connectivity index (χ4n) is 5.86. The average Bonchev–Trinajstić information content (AvgIpc) is 3.94. The maximum Gasteiger partial charge on any atom is 0.472 e. The molecule has 1 aliphatic rings. The second-order valence-corrected chi connectivity index (χ2v) is 16.3. The Hall–Kier alpha value is -2.60. The average molecular weight is 826 g/mol. The third-order valence-corrected chi connectivity index (χ3v) is 10.4. The number of phosphoric acid groups is 1. The number of allylic oxidation sites excluding steroid dienone is 6. The Morgan fingerprint density at radius 2 is 1.11 bits per heavy atom. The van der Waals surface area contributed by atoms with E-state index >= 15 is 0 Å². The van der Waals surface area contributed by atoms with Crippen molar-refractivity contribution in [2.75, 3.05) is 19.8 Å². The largest absolute Gasteiger partial charge is 0.480 e. The Morgan fingerprint density at radius 3 is 1.75 bits per heavy atom. The highest BCUT2D eigenvalue weighted by molar-refractivity contribution is 7.47. The Morgan fingerprint density at radius 1 is 0.632 bits per heavy atom. The van der Waals surface area contributed by atoms with Gasteiger partial charge in [0.1, 0.15) is 12.6 Å². The first kappa shape index (κ1) is 52.4. The van der Waals surface area contributed by atoms with Gasteiger partial charge in [-0.15, -0.1) is 0 Å². The number of carboxylic acids is 1. The van der Waals surface area contributed by atoms with Crippen molar-refractivity contribution in [1.82, 2.24) is 0 Å². The van der Waals surface area contributed by atoms with E-state index in [0.29, 0.717) is 31.5 Å². The van der Waals surface area contributed by atoms with Crippen LogP contribution >= 0.6 is 7.82 Å². The molecule has 0 aromatic carbocycles. The van der Waals surface area contributed by atoms with Crippen molar-refractivity contribution < 1.29 is 52.2 Å². The van der Waals surface area contributed by atoms with E-state index in [1.165, 1.54) is 57.8 Å². The van der Waals surface area contributed by atoms with Gasteiger partial charge in [0.2, 0.25) is 0 Å². The van der Waals surface area contributed by atoms with Gasteiger partial charge in [0.25, 0.3) is 0 Å². The van der Waals surface area contributed by atoms with E-state index in [9.17, 15) is 23.8 Å². The molecule has 0 aliphatic carbocycles. The summed E-state index contributed by atoms with van der Waals surface area (Å²) in [6.07, 6.45) is 40.7. The van der Waals surface area contributed by atoms with Crippen molar-refractivity contribution in [3.05, 3.63) is 48.6 Å². The molecule has 1 saturated heterocycles. The van der Waals surface area contributed by atoms with Gasteiger partial charge in [-0.25, -0.2) is 4.57 Å². The van der Waals surface area contributed by atoms with Gasteiger partial charge in [-0.05, 0) is 77.0 Å². The van der Waals surface area contributed by atoms with Gasteiger partial charge in [-0.2, -0.15) is 0 Å². The zero-order valence-electron chi connectivity index (χ0n) is 35.1. The van der Waals surface area contributed by atoms with Crippen LogP contribution in [0.1, 0.15) is 168 Å². The Kier molecular flexibility index (Phi) is 32.5. The van der Waals surface area contributed by atoms with Crippen molar-refractivity contribution in [3.63, 3.8) is 0 Å². The number of epoxide rings is 1. The van der Waals surface area contributed by atoms with Crippen molar-refractivity contribution in [2.45, 2.75) is 192 Å². The van der Waals surface area contributed by atoms with Crippen LogP contribution < -0.4 is 5.73 Å². The number of nitrogens with two attached hydrogens (primary N) is 1. The van der Waals surface area contributed by atoms with E-state index in [1.807, 2.05) is 12.2 Å². The summed E-state index contributed by atoms with van der Waals surface area (Å²) in [5.41, 5.74) is 5.33. The lowest BCUT2D eigenvalue weighted by Gasteiger charge is -2.20. The number of carboxylic acid groups (broad SMARTS) is 1. The zero-order valence-corrected chi connectivity index (χ0v) is 36.0. The number of carbonyl (C=O) groups excluding carboxylic acids is 2. The summed E-state index contributed by atoms with van der Waals surface area (Å²) in [4.78, 5) is 46.0. The molecule has 0 spiro atoms. The quantitative estimate of drug-likeness (QED) is 0.0175. The van der Waals surface area contributed by atoms with Crippen molar-refractivity contribution in [2.24, 2.45) is 5.73 Å². The minimum atomic E-state index is -4.74. The minimum Gasteiger partial charge on any atom is -0.480 e.